The molecular weight excluding hydrogens is 285 g/mol. The summed E-state index contributed by atoms with van der Waals surface area (Å²) >= 11 is 0. The zero-order valence-electron chi connectivity index (χ0n) is 12.0. The van der Waals surface area contributed by atoms with E-state index in [1.807, 2.05) is 0 Å². The van der Waals surface area contributed by atoms with Gasteiger partial charge in [0.05, 0.1) is 5.56 Å². The molecule has 1 rings (SSSR count). The molecule has 7 heteroatoms. The highest BCUT2D eigenvalue weighted by Gasteiger charge is 2.21. The van der Waals surface area contributed by atoms with Crippen LogP contribution < -0.4 is 10.6 Å². The van der Waals surface area contributed by atoms with Crippen molar-refractivity contribution in [3.8, 4) is 0 Å². The number of carbonyl (C=O) groups excluding carboxylic acids is 2. The molecule has 116 valence electrons. The molecule has 2 amide bonds. The third kappa shape index (κ3) is 4.47. The van der Waals surface area contributed by atoms with Crippen molar-refractivity contribution in [3.05, 3.63) is 35.1 Å². The molecule has 0 aromatic heterocycles. The van der Waals surface area contributed by atoms with Gasteiger partial charge in [-0.05, 0) is 12.1 Å². The second kappa shape index (κ2) is 6.60. The Labute approximate surface area is 120 Å². The number of carbonyl (C=O) groups is 2. The number of hydrogen-bond donors (Lipinski definition) is 2. The largest absolute Gasteiger partial charge is 0.354 e. The molecule has 1 aromatic carbocycles. The first-order valence-electron chi connectivity index (χ1n) is 6.34. The predicted molar refractivity (Wildman–Crippen MR) is 71.1 cm³/mol. The zero-order valence-corrected chi connectivity index (χ0v) is 12.0. The first-order chi connectivity index (χ1) is 9.64. The summed E-state index contributed by atoms with van der Waals surface area (Å²) in [5.41, 5.74) is -1.15. The summed E-state index contributed by atoms with van der Waals surface area (Å²) < 4.78 is 39.1. The van der Waals surface area contributed by atoms with Crippen molar-refractivity contribution in [2.24, 2.45) is 5.41 Å². The van der Waals surface area contributed by atoms with Crippen molar-refractivity contribution in [3.63, 3.8) is 0 Å². The van der Waals surface area contributed by atoms with E-state index in [-0.39, 0.29) is 19.0 Å². The van der Waals surface area contributed by atoms with E-state index in [9.17, 15) is 22.8 Å². The Hall–Kier alpha value is -2.05. The standard InChI is InChI=1S/C14H17F3N2O2/c1-14(2,3)13(21)19-7-6-18-12(20)8-4-5-9(15)11(17)10(8)16/h4-5H,6-7H2,1-3H3,(H,18,20)(H,19,21). The highest BCUT2D eigenvalue weighted by molar-refractivity contribution is 5.94. The lowest BCUT2D eigenvalue weighted by Crippen LogP contribution is -2.40. The molecule has 0 radical (unpaired) electrons. The molecule has 1 aromatic rings. The van der Waals surface area contributed by atoms with Crippen LogP contribution in [0.4, 0.5) is 13.2 Å². The van der Waals surface area contributed by atoms with Crippen LogP contribution in [0.25, 0.3) is 0 Å². The number of rotatable bonds is 4. The van der Waals surface area contributed by atoms with Crippen molar-refractivity contribution >= 4 is 11.8 Å². The van der Waals surface area contributed by atoms with Crippen LogP contribution in [0, 0.1) is 22.9 Å². The summed E-state index contributed by atoms with van der Waals surface area (Å²) in [5, 5.41) is 4.89. The molecule has 0 heterocycles. The van der Waals surface area contributed by atoms with E-state index >= 15 is 0 Å². The van der Waals surface area contributed by atoms with E-state index in [1.54, 1.807) is 20.8 Å². The maximum absolute atomic E-state index is 13.4. The van der Waals surface area contributed by atoms with E-state index in [0.717, 1.165) is 6.07 Å². The molecular formula is C14H17F3N2O2. The Balaban J connectivity index is 2.53. The smallest absolute Gasteiger partial charge is 0.254 e. The summed E-state index contributed by atoms with van der Waals surface area (Å²) in [5.74, 6) is -5.66. The van der Waals surface area contributed by atoms with Crippen LogP contribution in [0.5, 0.6) is 0 Å². The predicted octanol–water partition coefficient (Wildman–Crippen LogP) is 2.00. The van der Waals surface area contributed by atoms with E-state index in [4.69, 9.17) is 0 Å². The van der Waals surface area contributed by atoms with Crippen LogP contribution in [-0.4, -0.2) is 24.9 Å². The molecule has 0 unspecified atom stereocenters. The molecule has 0 aliphatic heterocycles. The highest BCUT2D eigenvalue weighted by atomic mass is 19.2. The Morgan fingerprint density at radius 2 is 1.57 bits per heavy atom. The number of amides is 2. The van der Waals surface area contributed by atoms with Crippen LogP contribution in [-0.2, 0) is 4.79 Å². The second-order valence-corrected chi connectivity index (χ2v) is 5.48. The highest BCUT2D eigenvalue weighted by Crippen LogP contribution is 2.15. The number of halogens is 3. The number of nitrogens with one attached hydrogen (secondary N) is 2. The summed E-state index contributed by atoms with van der Waals surface area (Å²) in [6, 6.07) is 1.53. The summed E-state index contributed by atoms with van der Waals surface area (Å²) in [6.07, 6.45) is 0. The molecule has 0 bridgehead atoms. The van der Waals surface area contributed by atoms with Crippen LogP contribution in [0.1, 0.15) is 31.1 Å². The average Bonchev–Trinajstić information content (AvgIpc) is 2.39. The molecule has 2 N–H and O–H groups in total. The maximum Gasteiger partial charge on any atom is 0.254 e. The van der Waals surface area contributed by atoms with Gasteiger partial charge >= 0.3 is 0 Å². The van der Waals surface area contributed by atoms with Crippen LogP contribution in [0.2, 0.25) is 0 Å². The van der Waals surface area contributed by atoms with Gasteiger partial charge < -0.3 is 10.6 Å². The zero-order chi connectivity index (χ0) is 16.2. The Kier molecular flexibility index (Phi) is 5.34. The summed E-state index contributed by atoms with van der Waals surface area (Å²) in [7, 11) is 0. The minimum absolute atomic E-state index is 0.0408. The topological polar surface area (TPSA) is 58.2 Å². The van der Waals surface area contributed by atoms with Gasteiger partial charge in [0.1, 0.15) is 0 Å². The van der Waals surface area contributed by atoms with Crippen LogP contribution in [0.3, 0.4) is 0 Å². The van der Waals surface area contributed by atoms with E-state index in [2.05, 4.69) is 10.6 Å². The minimum atomic E-state index is -1.69. The SMILES string of the molecule is CC(C)(C)C(=O)NCCNC(=O)c1ccc(F)c(F)c1F. The van der Waals surface area contributed by atoms with Gasteiger partial charge in [0.25, 0.3) is 5.91 Å². The normalized spacial score (nSPS) is 11.1. The number of benzene rings is 1. The molecule has 0 saturated heterocycles. The van der Waals surface area contributed by atoms with Gasteiger partial charge in [-0.1, -0.05) is 20.8 Å². The van der Waals surface area contributed by atoms with Crippen molar-refractivity contribution < 1.29 is 22.8 Å². The third-order valence-electron chi connectivity index (χ3n) is 2.66. The molecule has 0 spiro atoms. The lowest BCUT2D eigenvalue weighted by Gasteiger charge is -2.17. The minimum Gasteiger partial charge on any atom is -0.354 e. The van der Waals surface area contributed by atoms with Crippen molar-refractivity contribution in [2.75, 3.05) is 13.1 Å². The second-order valence-electron chi connectivity index (χ2n) is 5.48. The van der Waals surface area contributed by atoms with Crippen LogP contribution in [0.15, 0.2) is 12.1 Å². The third-order valence-corrected chi connectivity index (χ3v) is 2.66. The Morgan fingerprint density at radius 3 is 2.14 bits per heavy atom. The van der Waals surface area contributed by atoms with E-state index < -0.39 is 34.3 Å². The van der Waals surface area contributed by atoms with Gasteiger partial charge in [-0.15, -0.1) is 0 Å². The molecule has 0 aliphatic rings. The molecule has 0 saturated carbocycles. The lowest BCUT2D eigenvalue weighted by atomic mass is 9.96. The first kappa shape index (κ1) is 17.0. The fourth-order valence-electron chi connectivity index (χ4n) is 1.41. The van der Waals surface area contributed by atoms with E-state index in [1.165, 1.54) is 0 Å². The molecule has 21 heavy (non-hydrogen) atoms. The first-order valence-corrected chi connectivity index (χ1v) is 6.34. The Bertz CT molecular complexity index is 554. The van der Waals surface area contributed by atoms with Gasteiger partial charge in [0.15, 0.2) is 17.5 Å². The van der Waals surface area contributed by atoms with Gasteiger partial charge in [0.2, 0.25) is 5.91 Å². The average molecular weight is 302 g/mol. The summed E-state index contributed by atoms with van der Waals surface area (Å²) in [4.78, 5) is 23.2. The van der Waals surface area contributed by atoms with Crippen LogP contribution >= 0.6 is 0 Å². The number of hydrogen-bond acceptors (Lipinski definition) is 2. The molecule has 0 atom stereocenters. The molecule has 0 aliphatic carbocycles. The van der Waals surface area contributed by atoms with Gasteiger partial charge in [-0.3, -0.25) is 9.59 Å². The van der Waals surface area contributed by atoms with Gasteiger partial charge in [-0.25, -0.2) is 13.2 Å². The van der Waals surface area contributed by atoms with Gasteiger partial charge in [0, 0.05) is 18.5 Å². The maximum atomic E-state index is 13.4. The van der Waals surface area contributed by atoms with Crippen molar-refractivity contribution in [1.29, 1.82) is 0 Å². The molecule has 0 fully saturated rings. The molecule has 4 nitrogen and oxygen atoms in total. The van der Waals surface area contributed by atoms with E-state index in [0.29, 0.717) is 6.07 Å². The van der Waals surface area contributed by atoms with Crippen molar-refractivity contribution in [1.82, 2.24) is 10.6 Å². The lowest BCUT2D eigenvalue weighted by molar-refractivity contribution is -0.128. The summed E-state index contributed by atoms with van der Waals surface area (Å²) in [6.45, 7) is 5.39. The van der Waals surface area contributed by atoms with Crippen molar-refractivity contribution in [2.45, 2.75) is 20.8 Å². The fraction of sp³-hybridized carbons (Fsp3) is 0.429. The quantitative estimate of drug-likeness (QED) is 0.660. The Morgan fingerprint density at radius 1 is 1.00 bits per heavy atom. The van der Waals surface area contributed by atoms with Gasteiger partial charge in [-0.2, -0.15) is 0 Å². The monoisotopic (exact) mass is 302 g/mol. The fourth-order valence-corrected chi connectivity index (χ4v) is 1.41.